The molecule has 1 saturated carbocycles. The Bertz CT molecular complexity index is 852. The van der Waals surface area contributed by atoms with E-state index in [1.165, 1.54) is 5.56 Å². The van der Waals surface area contributed by atoms with Crippen LogP contribution in [-0.2, 0) is 16.0 Å². The second-order valence-corrected chi connectivity index (χ2v) is 9.16. The molecule has 152 valence electrons. The predicted molar refractivity (Wildman–Crippen MR) is 118 cm³/mol. The zero-order valence-electron chi connectivity index (χ0n) is 16.7. The van der Waals surface area contributed by atoms with Crippen molar-refractivity contribution in [3.8, 4) is 0 Å². The number of nitrogens with one attached hydrogen (secondary N) is 1. The quantitative estimate of drug-likeness (QED) is 0.725. The van der Waals surface area contributed by atoms with E-state index in [9.17, 15) is 9.59 Å². The molecule has 0 bridgehead atoms. The summed E-state index contributed by atoms with van der Waals surface area (Å²) in [7, 11) is 0. The van der Waals surface area contributed by atoms with Gasteiger partial charge in [0.2, 0.25) is 11.8 Å². The Balaban J connectivity index is 1.24. The first-order chi connectivity index (χ1) is 14.1. The molecule has 1 spiro atoms. The molecule has 1 atom stereocenters. The summed E-state index contributed by atoms with van der Waals surface area (Å²) in [6, 6.07) is 14.4. The third kappa shape index (κ3) is 4.78. The molecular formula is C24H28N2O2S. The molecule has 1 aromatic heterocycles. The van der Waals surface area contributed by atoms with Gasteiger partial charge in [0.15, 0.2) is 0 Å². The average molecular weight is 409 g/mol. The van der Waals surface area contributed by atoms with Crippen molar-refractivity contribution in [1.82, 2.24) is 10.2 Å². The maximum absolute atomic E-state index is 12.5. The first-order valence-corrected chi connectivity index (χ1v) is 11.4. The van der Waals surface area contributed by atoms with Gasteiger partial charge in [-0.2, -0.15) is 0 Å². The van der Waals surface area contributed by atoms with E-state index in [1.54, 1.807) is 17.4 Å². The molecule has 1 unspecified atom stereocenters. The fraction of sp³-hybridized carbons (Fsp3) is 0.417. The molecule has 4 nitrogen and oxygen atoms in total. The lowest BCUT2D eigenvalue weighted by atomic mass is 9.59. The summed E-state index contributed by atoms with van der Waals surface area (Å²) in [6.07, 6.45) is 9.08. The molecule has 1 aliphatic carbocycles. The molecule has 2 heterocycles. The summed E-state index contributed by atoms with van der Waals surface area (Å²) >= 11 is 1.63. The van der Waals surface area contributed by atoms with Crippen LogP contribution >= 0.6 is 11.3 Å². The van der Waals surface area contributed by atoms with Crippen LogP contribution in [0.1, 0.15) is 42.5 Å². The van der Waals surface area contributed by atoms with Crippen LogP contribution in [0.5, 0.6) is 0 Å². The Morgan fingerprint density at radius 1 is 1.10 bits per heavy atom. The van der Waals surface area contributed by atoms with Crippen molar-refractivity contribution < 1.29 is 9.59 Å². The molecule has 1 aliphatic heterocycles. The number of benzene rings is 1. The number of aryl methyl sites for hydroxylation is 1. The average Bonchev–Trinajstić information content (AvgIpc) is 3.28. The molecular weight excluding hydrogens is 380 g/mol. The smallest absolute Gasteiger partial charge is 0.246 e. The normalized spacial score (nSPS) is 20.6. The van der Waals surface area contributed by atoms with Gasteiger partial charge in [-0.1, -0.05) is 36.4 Å². The van der Waals surface area contributed by atoms with Crippen LogP contribution in [-0.4, -0.2) is 35.8 Å². The number of nitrogens with zero attached hydrogens (tertiary/aromatic N) is 1. The van der Waals surface area contributed by atoms with Gasteiger partial charge in [0.25, 0.3) is 0 Å². The van der Waals surface area contributed by atoms with Crippen molar-refractivity contribution in [3.05, 3.63) is 64.4 Å². The van der Waals surface area contributed by atoms with Crippen LogP contribution in [0.2, 0.25) is 0 Å². The monoisotopic (exact) mass is 408 g/mol. The fourth-order valence-corrected chi connectivity index (χ4v) is 5.13. The molecule has 1 aromatic carbocycles. The van der Waals surface area contributed by atoms with E-state index >= 15 is 0 Å². The zero-order chi connectivity index (χ0) is 20.1. The van der Waals surface area contributed by atoms with Crippen LogP contribution in [0.4, 0.5) is 0 Å². The summed E-state index contributed by atoms with van der Waals surface area (Å²) in [4.78, 5) is 27.9. The van der Waals surface area contributed by atoms with Gasteiger partial charge in [-0.15, -0.1) is 11.3 Å². The lowest BCUT2D eigenvalue weighted by Gasteiger charge is -2.54. The van der Waals surface area contributed by atoms with Crippen LogP contribution in [0.3, 0.4) is 0 Å². The third-order valence-electron chi connectivity index (χ3n) is 6.49. The highest BCUT2D eigenvalue weighted by Crippen LogP contribution is 2.49. The Morgan fingerprint density at radius 2 is 1.90 bits per heavy atom. The van der Waals surface area contributed by atoms with E-state index in [-0.39, 0.29) is 23.3 Å². The van der Waals surface area contributed by atoms with E-state index in [4.69, 9.17) is 0 Å². The fourth-order valence-electron chi connectivity index (χ4n) is 4.51. The van der Waals surface area contributed by atoms with Gasteiger partial charge < -0.3 is 10.2 Å². The van der Waals surface area contributed by atoms with Crippen molar-refractivity contribution in [3.63, 3.8) is 0 Å². The van der Waals surface area contributed by atoms with E-state index < -0.39 is 0 Å². The zero-order valence-corrected chi connectivity index (χ0v) is 17.5. The topological polar surface area (TPSA) is 49.4 Å². The molecule has 2 amide bonds. The Morgan fingerprint density at radius 3 is 2.55 bits per heavy atom. The summed E-state index contributed by atoms with van der Waals surface area (Å²) in [5.41, 5.74) is 1.39. The van der Waals surface area contributed by atoms with Crippen molar-refractivity contribution >= 4 is 29.2 Å². The minimum absolute atomic E-state index is 0.0935. The SMILES string of the molecule is O=C(CCc1ccccc1)NC1CCC12CCN(C(=O)/C=C/c1cccs1)CC2. The predicted octanol–water partition coefficient (Wildman–Crippen LogP) is 4.28. The van der Waals surface area contributed by atoms with Gasteiger partial charge in [0.1, 0.15) is 0 Å². The van der Waals surface area contributed by atoms with Crippen LogP contribution < -0.4 is 5.32 Å². The van der Waals surface area contributed by atoms with E-state index in [0.29, 0.717) is 6.42 Å². The molecule has 29 heavy (non-hydrogen) atoms. The summed E-state index contributed by atoms with van der Waals surface area (Å²) in [5, 5.41) is 5.29. The standard InChI is InChI=1S/C24H28N2O2S/c27-22(10-8-19-5-2-1-3-6-19)25-21-12-13-24(21)14-16-26(17-15-24)23(28)11-9-20-7-4-18-29-20/h1-7,9,11,18,21H,8,10,12-17H2,(H,25,27)/b11-9+. The van der Waals surface area contributed by atoms with E-state index in [2.05, 4.69) is 17.4 Å². The second-order valence-electron chi connectivity index (χ2n) is 8.18. The molecule has 2 aromatic rings. The number of likely N-dealkylation sites (tertiary alicyclic amines) is 1. The lowest BCUT2D eigenvalue weighted by molar-refractivity contribution is -0.132. The van der Waals surface area contributed by atoms with Crippen LogP contribution in [0.15, 0.2) is 53.9 Å². The number of carbonyl (C=O) groups excluding carboxylic acids is 2. The van der Waals surface area contributed by atoms with Gasteiger partial charge in [-0.25, -0.2) is 0 Å². The first-order valence-electron chi connectivity index (χ1n) is 10.5. The number of piperidine rings is 1. The van der Waals surface area contributed by atoms with Crippen molar-refractivity contribution in [2.75, 3.05) is 13.1 Å². The van der Waals surface area contributed by atoms with Gasteiger partial charge in [0, 0.05) is 36.5 Å². The third-order valence-corrected chi connectivity index (χ3v) is 7.33. The number of rotatable bonds is 6. The first kappa shape index (κ1) is 19.9. The lowest BCUT2D eigenvalue weighted by Crippen LogP contribution is -2.59. The Hall–Kier alpha value is -2.40. The maximum atomic E-state index is 12.5. The molecule has 2 aliphatic rings. The van der Waals surface area contributed by atoms with Crippen molar-refractivity contribution in [2.24, 2.45) is 5.41 Å². The highest BCUT2D eigenvalue weighted by atomic mass is 32.1. The van der Waals surface area contributed by atoms with Crippen LogP contribution in [0, 0.1) is 5.41 Å². The van der Waals surface area contributed by atoms with Gasteiger partial charge in [-0.05, 0) is 60.6 Å². The molecule has 5 heteroatoms. The molecule has 4 rings (SSSR count). The van der Waals surface area contributed by atoms with E-state index in [0.717, 1.165) is 50.1 Å². The number of hydrogen-bond acceptors (Lipinski definition) is 3. The highest BCUT2D eigenvalue weighted by Gasteiger charge is 2.49. The van der Waals surface area contributed by atoms with Gasteiger partial charge >= 0.3 is 0 Å². The van der Waals surface area contributed by atoms with E-state index in [1.807, 2.05) is 46.7 Å². The number of thiophene rings is 1. The molecule has 0 radical (unpaired) electrons. The Labute approximate surface area is 176 Å². The van der Waals surface area contributed by atoms with Gasteiger partial charge in [-0.3, -0.25) is 9.59 Å². The van der Waals surface area contributed by atoms with Gasteiger partial charge in [0.05, 0.1) is 0 Å². The number of hydrogen-bond donors (Lipinski definition) is 1. The summed E-state index contributed by atoms with van der Waals surface area (Å²) in [5.74, 6) is 0.242. The number of carbonyl (C=O) groups is 2. The second kappa shape index (κ2) is 8.95. The highest BCUT2D eigenvalue weighted by molar-refractivity contribution is 7.10. The molecule has 1 N–H and O–H groups in total. The number of amides is 2. The van der Waals surface area contributed by atoms with Crippen molar-refractivity contribution in [1.29, 1.82) is 0 Å². The minimum Gasteiger partial charge on any atom is -0.353 e. The largest absolute Gasteiger partial charge is 0.353 e. The molecule has 1 saturated heterocycles. The van der Waals surface area contributed by atoms with Crippen LogP contribution in [0.25, 0.3) is 6.08 Å². The summed E-state index contributed by atoms with van der Waals surface area (Å²) in [6.45, 7) is 1.56. The molecule has 2 fully saturated rings. The maximum Gasteiger partial charge on any atom is 0.246 e. The summed E-state index contributed by atoms with van der Waals surface area (Å²) < 4.78 is 0. The minimum atomic E-state index is 0.0935. The Kier molecular flexibility index (Phi) is 6.14. The van der Waals surface area contributed by atoms with Crippen molar-refractivity contribution in [2.45, 2.75) is 44.6 Å².